The second-order valence-electron chi connectivity index (χ2n) is 5.36. The van der Waals surface area contributed by atoms with Crippen LogP contribution in [0.2, 0.25) is 0 Å². The van der Waals surface area contributed by atoms with Crippen LogP contribution in [0.15, 0.2) is 24.3 Å². The number of nitrogens with zero attached hydrogens (tertiary/aromatic N) is 2. The zero-order valence-corrected chi connectivity index (χ0v) is 12.2. The first-order valence-corrected chi connectivity index (χ1v) is 7.11. The number of carbonyl (C=O) groups is 1. The number of anilines is 1. The van der Waals surface area contributed by atoms with Gasteiger partial charge in [0.15, 0.2) is 0 Å². The third kappa shape index (κ3) is 4.57. The van der Waals surface area contributed by atoms with Gasteiger partial charge < -0.3 is 10.2 Å². The number of para-hydroxylation sites is 2. The summed E-state index contributed by atoms with van der Waals surface area (Å²) < 4.78 is 36.5. The molecule has 1 amide bonds. The van der Waals surface area contributed by atoms with Gasteiger partial charge in [-0.15, -0.1) is 0 Å². The summed E-state index contributed by atoms with van der Waals surface area (Å²) >= 11 is 0. The Labute approximate surface area is 130 Å². The molecule has 9 heteroatoms. The summed E-state index contributed by atoms with van der Waals surface area (Å²) in [5.74, 6) is -1.29. The number of rotatable bonds is 4. The molecule has 0 bridgehead atoms. The lowest BCUT2D eigenvalue weighted by Gasteiger charge is -2.33. The van der Waals surface area contributed by atoms with Crippen LogP contribution in [0.3, 0.4) is 0 Å². The Morgan fingerprint density at radius 2 is 2.09 bits per heavy atom. The van der Waals surface area contributed by atoms with Gasteiger partial charge in [0.25, 0.3) is 5.69 Å². The van der Waals surface area contributed by atoms with Crippen molar-refractivity contribution < 1.29 is 22.9 Å². The number of hydrogen-bond acceptors (Lipinski definition) is 4. The zero-order chi connectivity index (χ0) is 17.0. The fourth-order valence-corrected chi connectivity index (χ4v) is 2.63. The van der Waals surface area contributed by atoms with E-state index in [1.165, 1.54) is 6.07 Å². The van der Waals surface area contributed by atoms with E-state index in [9.17, 15) is 28.1 Å². The topological polar surface area (TPSA) is 75.5 Å². The van der Waals surface area contributed by atoms with Crippen LogP contribution in [-0.2, 0) is 4.79 Å². The van der Waals surface area contributed by atoms with Crippen LogP contribution < -0.4 is 10.2 Å². The maximum Gasteiger partial charge on any atom is 0.405 e. The number of nitro groups is 1. The van der Waals surface area contributed by atoms with Crippen LogP contribution >= 0.6 is 0 Å². The van der Waals surface area contributed by atoms with Crippen LogP contribution in [0.25, 0.3) is 0 Å². The molecule has 0 spiro atoms. The van der Waals surface area contributed by atoms with Crippen molar-refractivity contribution >= 4 is 17.3 Å². The van der Waals surface area contributed by atoms with Crippen LogP contribution in [0.5, 0.6) is 0 Å². The molecule has 0 radical (unpaired) electrons. The van der Waals surface area contributed by atoms with Crippen molar-refractivity contribution in [3.05, 3.63) is 34.4 Å². The molecule has 1 aromatic carbocycles. The second kappa shape index (κ2) is 6.84. The van der Waals surface area contributed by atoms with Gasteiger partial charge in [0.1, 0.15) is 12.2 Å². The number of nitrogens with one attached hydrogen (secondary N) is 1. The molecule has 1 fully saturated rings. The molecule has 1 aliphatic rings. The molecule has 23 heavy (non-hydrogen) atoms. The van der Waals surface area contributed by atoms with Gasteiger partial charge in [-0.25, -0.2) is 0 Å². The lowest BCUT2D eigenvalue weighted by molar-refractivity contribution is -0.384. The van der Waals surface area contributed by atoms with Gasteiger partial charge in [0.05, 0.1) is 10.8 Å². The molecule has 0 saturated carbocycles. The highest BCUT2D eigenvalue weighted by atomic mass is 19.4. The molecular formula is C14H16F3N3O3. The molecule has 1 N–H and O–H groups in total. The van der Waals surface area contributed by atoms with Crippen molar-refractivity contribution in [3.8, 4) is 0 Å². The van der Waals surface area contributed by atoms with Gasteiger partial charge in [-0.05, 0) is 18.9 Å². The van der Waals surface area contributed by atoms with E-state index in [1.807, 2.05) is 5.32 Å². The Morgan fingerprint density at radius 3 is 2.74 bits per heavy atom. The monoisotopic (exact) mass is 331 g/mol. The van der Waals surface area contributed by atoms with Crippen molar-refractivity contribution in [2.45, 2.75) is 19.0 Å². The third-order valence-electron chi connectivity index (χ3n) is 3.67. The summed E-state index contributed by atoms with van der Waals surface area (Å²) in [6.07, 6.45) is -3.42. The Kier molecular flexibility index (Phi) is 5.07. The quantitative estimate of drug-likeness (QED) is 0.679. The van der Waals surface area contributed by atoms with E-state index in [2.05, 4.69) is 0 Å². The minimum Gasteiger partial charge on any atom is -0.365 e. The Balaban J connectivity index is 2.07. The maximum atomic E-state index is 12.2. The van der Waals surface area contributed by atoms with Crippen molar-refractivity contribution in [3.63, 3.8) is 0 Å². The normalized spacial score (nSPS) is 18.6. The molecule has 2 rings (SSSR count). The van der Waals surface area contributed by atoms with E-state index in [4.69, 9.17) is 0 Å². The van der Waals surface area contributed by atoms with Gasteiger partial charge >= 0.3 is 6.18 Å². The molecule has 1 heterocycles. The highest BCUT2D eigenvalue weighted by Gasteiger charge is 2.32. The van der Waals surface area contributed by atoms with Crippen molar-refractivity contribution in [2.24, 2.45) is 5.92 Å². The number of amides is 1. The molecule has 0 aliphatic carbocycles. The first-order valence-electron chi connectivity index (χ1n) is 7.11. The van der Waals surface area contributed by atoms with Crippen molar-refractivity contribution in [1.82, 2.24) is 5.32 Å². The largest absolute Gasteiger partial charge is 0.405 e. The van der Waals surface area contributed by atoms with Crippen molar-refractivity contribution in [2.75, 3.05) is 24.5 Å². The minimum absolute atomic E-state index is 0.0798. The maximum absolute atomic E-state index is 12.2. The number of alkyl halides is 3. The van der Waals surface area contributed by atoms with Gasteiger partial charge in [0, 0.05) is 19.2 Å². The Bertz CT molecular complexity index is 592. The summed E-state index contributed by atoms with van der Waals surface area (Å²) in [6.45, 7) is -0.684. The summed E-state index contributed by atoms with van der Waals surface area (Å²) in [6, 6.07) is 6.13. The third-order valence-corrected chi connectivity index (χ3v) is 3.67. The van der Waals surface area contributed by atoms with Gasteiger partial charge in [-0.1, -0.05) is 12.1 Å². The minimum atomic E-state index is -4.46. The molecule has 1 aliphatic heterocycles. The van der Waals surface area contributed by atoms with Crippen LogP contribution in [0.4, 0.5) is 24.5 Å². The number of piperidine rings is 1. The number of carbonyl (C=O) groups excluding carboxylic acids is 1. The van der Waals surface area contributed by atoms with Crippen LogP contribution in [0.1, 0.15) is 12.8 Å². The number of halogens is 3. The molecule has 0 aromatic heterocycles. The van der Waals surface area contributed by atoms with E-state index >= 15 is 0 Å². The predicted octanol–water partition coefficient (Wildman–Crippen LogP) is 2.49. The van der Waals surface area contributed by atoms with E-state index in [0.717, 1.165) is 0 Å². The lowest BCUT2D eigenvalue weighted by Crippen LogP contribution is -2.45. The molecule has 1 atom stereocenters. The molecule has 6 nitrogen and oxygen atoms in total. The summed E-state index contributed by atoms with van der Waals surface area (Å²) in [5.41, 5.74) is 0.301. The van der Waals surface area contributed by atoms with E-state index in [1.54, 1.807) is 23.1 Å². The SMILES string of the molecule is O=C(NCC(F)(F)F)C1CCCN(c2ccccc2[N+](=O)[O-])C1. The summed E-state index contributed by atoms with van der Waals surface area (Å²) in [5, 5.41) is 12.9. The van der Waals surface area contributed by atoms with Crippen LogP contribution in [0, 0.1) is 16.0 Å². The standard InChI is InChI=1S/C14H16F3N3O3/c15-14(16,17)9-18-13(21)10-4-3-7-19(8-10)11-5-1-2-6-12(11)20(22)23/h1-2,5-6,10H,3-4,7-9H2,(H,18,21). The van der Waals surface area contributed by atoms with E-state index in [0.29, 0.717) is 25.1 Å². The van der Waals surface area contributed by atoms with Gasteiger partial charge in [-0.2, -0.15) is 13.2 Å². The first-order chi connectivity index (χ1) is 10.8. The van der Waals surface area contributed by atoms with E-state index < -0.39 is 29.5 Å². The molecular weight excluding hydrogens is 315 g/mol. The van der Waals surface area contributed by atoms with Gasteiger partial charge in [0.2, 0.25) is 5.91 Å². The van der Waals surface area contributed by atoms with E-state index in [-0.39, 0.29) is 12.2 Å². The van der Waals surface area contributed by atoms with Crippen LogP contribution in [-0.4, -0.2) is 36.6 Å². The predicted molar refractivity (Wildman–Crippen MR) is 77.1 cm³/mol. The highest BCUT2D eigenvalue weighted by molar-refractivity contribution is 5.80. The number of hydrogen-bond donors (Lipinski definition) is 1. The molecule has 126 valence electrons. The second-order valence-corrected chi connectivity index (χ2v) is 5.36. The Morgan fingerprint density at radius 1 is 1.39 bits per heavy atom. The molecule has 1 aromatic rings. The summed E-state index contributed by atoms with van der Waals surface area (Å²) in [4.78, 5) is 24.1. The molecule has 1 unspecified atom stereocenters. The fraction of sp³-hybridized carbons (Fsp3) is 0.500. The van der Waals surface area contributed by atoms with Crippen molar-refractivity contribution in [1.29, 1.82) is 0 Å². The fourth-order valence-electron chi connectivity index (χ4n) is 2.63. The highest BCUT2D eigenvalue weighted by Crippen LogP contribution is 2.31. The average Bonchev–Trinajstić information content (AvgIpc) is 2.52. The average molecular weight is 331 g/mol. The first kappa shape index (κ1) is 17.0. The van der Waals surface area contributed by atoms with Gasteiger partial charge in [-0.3, -0.25) is 14.9 Å². The molecule has 1 saturated heterocycles. The smallest absolute Gasteiger partial charge is 0.365 e. The zero-order valence-electron chi connectivity index (χ0n) is 12.2. The number of benzene rings is 1. The number of nitro benzene ring substituents is 1. The summed E-state index contributed by atoms with van der Waals surface area (Å²) in [7, 11) is 0. The lowest BCUT2D eigenvalue weighted by atomic mass is 9.96. The Hall–Kier alpha value is -2.32.